The first kappa shape index (κ1) is 16.8. The minimum absolute atomic E-state index is 0.0524. The number of hydrogen-bond donors (Lipinski definition) is 0. The molecule has 0 rings (SSSR count). The lowest BCUT2D eigenvalue weighted by atomic mass is 10.2. The van der Waals surface area contributed by atoms with Crippen molar-refractivity contribution in [2.45, 2.75) is 58.9 Å². The molecule has 0 aliphatic heterocycles. The molecule has 0 amide bonds. The zero-order chi connectivity index (χ0) is 13.7. The van der Waals surface area contributed by atoms with Crippen LogP contribution in [0.25, 0.3) is 0 Å². The second-order valence-corrected chi connectivity index (χ2v) is 11.5. The fraction of sp³-hybridized carbons (Fsp3) is 0.769. The van der Waals surface area contributed by atoms with Crippen LogP contribution in [0.5, 0.6) is 0 Å². The van der Waals surface area contributed by atoms with E-state index in [2.05, 4.69) is 45.7 Å². The summed E-state index contributed by atoms with van der Waals surface area (Å²) >= 11 is 1.24. The summed E-state index contributed by atoms with van der Waals surface area (Å²) in [4.78, 5) is 10.7. The molecule has 98 valence electrons. The van der Waals surface area contributed by atoms with Crippen LogP contribution in [0.4, 0.5) is 0 Å². The van der Waals surface area contributed by atoms with Gasteiger partial charge in [-0.1, -0.05) is 44.4 Å². The molecule has 0 N–H and O–H groups in total. The maximum atomic E-state index is 10.7. The highest BCUT2D eigenvalue weighted by Gasteiger charge is 2.38. The Labute approximate surface area is 111 Å². The van der Waals surface area contributed by atoms with E-state index in [9.17, 15) is 4.79 Å². The van der Waals surface area contributed by atoms with E-state index in [0.29, 0.717) is 5.75 Å². The molecule has 2 nitrogen and oxygen atoms in total. The predicted octanol–water partition coefficient (Wildman–Crippen LogP) is 3.68. The summed E-state index contributed by atoms with van der Waals surface area (Å²) in [5.74, 6) is 6.59. The van der Waals surface area contributed by atoms with Crippen molar-refractivity contribution in [2.24, 2.45) is 0 Å². The average Bonchev–Trinajstić information content (AvgIpc) is 2.09. The van der Waals surface area contributed by atoms with Gasteiger partial charge < -0.3 is 4.43 Å². The predicted molar refractivity (Wildman–Crippen MR) is 78.7 cm³/mol. The molecule has 4 heteroatoms. The van der Waals surface area contributed by atoms with Crippen LogP contribution in [0, 0.1) is 11.8 Å². The molecule has 0 heterocycles. The van der Waals surface area contributed by atoms with Gasteiger partial charge in [0.25, 0.3) is 0 Å². The number of hydrogen-bond acceptors (Lipinski definition) is 3. The molecular weight excluding hydrogens is 248 g/mol. The Morgan fingerprint density at radius 3 is 2.35 bits per heavy atom. The largest absolute Gasteiger partial charge is 0.404 e. The second-order valence-electron chi connectivity index (χ2n) is 5.62. The van der Waals surface area contributed by atoms with E-state index in [1.165, 1.54) is 11.8 Å². The number of thioether (sulfide) groups is 1. The Morgan fingerprint density at radius 2 is 1.94 bits per heavy atom. The molecule has 0 radical (unpaired) electrons. The van der Waals surface area contributed by atoms with Gasteiger partial charge in [0.05, 0.1) is 5.75 Å². The fourth-order valence-corrected chi connectivity index (χ4v) is 2.63. The fourth-order valence-electron chi connectivity index (χ4n) is 0.971. The van der Waals surface area contributed by atoms with Crippen molar-refractivity contribution < 1.29 is 9.22 Å². The third-order valence-electron chi connectivity index (χ3n) is 2.93. The van der Waals surface area contributed by atoms with Gasteiger partial charge in [-0.05, 0) is 25.1 Å². The maximum absolute atomic E-state index is 10.7. The molecule has 1 unspecified atom stereocenters. The summed E-state index contributed by atoms with van der Waals surface area (Å²) in [7, 11) is -1.73. The van der Waals surface area contributed by atoms with Gasteiger partial charge in [0, 0.05) is 6.92 Å². The maximum Gasteiger partial charge on any atom is 0.193 e. The van der Waals surface area contributed by atoms with Crippen molar-refractivity contribution in [1.82, 2.24) is 0 Å². The number of carbonyl (C=O) groups excluding carboxylic acids is 1. The van der Waals surface area contributed by atoms with Crippen LogP contribution in [-0.4, -0.2) is 25.3 Å². The smallest absolute Gasteiger partial charge is 0.193 e. The molecule has 0 aliphatic carbocycles. The van der Waals surface area contributed by atoms with Crippen molar-refractivity contribution >= 4 is 25.2 Å². The van der Waals surface area contributed by atoms with Gasteiger partial charge in [0.2, 0.25) is 0 Å². The lowest BCUT2D eigenvalue weighted by molar-refractivity contribution is -0.109. The molecule has 17 heavy (non-hydrogen) atoms. The highest BCUT2D eigenvalue weighted by molar-refractivity contribution is 8.13. The summed E-state index contributed by atoms with van der Waals surface area (Å²) in [6.45, 7) is 14.6. The van der Waals surface area contributed by atoms with Crippen molar-refractivity contribution in [1.29, 1.82) is 0 Å². The molecule has 0 aromatic heterocycles. The third-order valence-corrected chi connectivity index (χ3v) is 8.18. The van der Waals surface area contributed by atoms with Crippen LogP contribution in [-0.2, 0) is 9.22 Å². The first-order valence-corrected chi connectivity index (χ1v) is 9.75. The Balaban J connectivity index is 4.27. The zero-order valence-electron chi connectivity index (χ0n) is 12.0. The highest BCUT2D eigenvalue weighted by Crippen LogP contribution is 2.37. The van der Waals surface area contributed by atoms with Gasteiger partial charge >= 0.3 is 0 Å². The van der Waals surface area contributed by atoms with Gasteiger partial charge in [-0.25, -0.2) is 0 Å². The number of rotatable bonds is 3. The molecular formula is C13H24O2SSi. The summed E-state index contributed by atoms with van der Waals surface area (Å²) < 4.78 is 6.08. The summed E-state index contributed by atoms with van der Waals surface area (Å²) in [6, 6.07) is 0. The number of carbonyl (C=O) groups is 1. The van der Waals surface area contributed by atoms with Crippen LogP contribution in [0.2, 0.25) is 18.1 Å². The van der Waals surface area contributed by atoms with Crippen molar-refractivity contribution in [3.8, 4) is 11.8 Å². The van der Waals surface area contributed by atoms with Gasteiger partial charge in [0.1, 0.15) is 6.10 Å². The minimum atomic E-state index is -1.73. The molecule has 0 saturated carbocycles. The van der Waals surface area contributed by atoms with E-state index >= 15 is 0 Å². The quantitative estimate of drug-likeness (QED) is 0.579. The van der Waals surface area contributed by atoms with E-state index in [1.807, 2.05) is 6.92 Å². The highest BCUT2D eigenvalue weighted by atomic mass is 32.2. The summed E-state index contributed by atoms with van der Waals surface area (Å²) in [6.07, 6.45) is -0.0524. The van der Waals surface area contributed by atoms with E-state index in [0.717, 1.165) is 0 Å². The molecule has 0 spiro atoms. The SMILES string of the molecule is CC(=O)SCC#CC(C)O[Si](C)(C)C(C)(C)C. The Kier molecular flexibility index (Phi) is 6.53. The lowest BCUT2D eigenvalue weighted by Crippen LogP contribution is -2.43. The normalized spacial score (nSPS) is 13.8. The average molecular weight is 272 g/mol. The topological polar surface area (TPSA) is 26.3 Å². The van der Waals surface area contributed by atoms with Crippen LogP contribution in [0.1, 0.15) is 34.6 Å². The Morgan fingerprint density at radius 1 is 1.41 bits per heavy atom. The first-order chi connectivity index (χ1) is 7.56. The van der Waals surface area contributed by atoms with Gasteiger partial charge in [0.15, 0.2) is 13.4 Å². The van der Waals surface area contributed by atoms with Crippen LogP contribution < -0.4 is 0 Å². The first-order valence-electron chi connectivity index (χ1n) is 5.86. The molecule has 0 aromatic rings. The van der Waals surface area contributed by atoms with E-state index < -0.39 is 8.32 Å². The minimum Gasteiger partial charge on any atom is -0.404 e. The van der Waals surface area contributed by atoms with Crippen LogP contribution in [0.15, 0.2) is 0 Å². The van der Waals surface area contributed by atoms with Gasteiger partial charge in [-0.2, -0.15) is 0 Å². The van der Waals surface area contributed by atoms with Gasteiger partial charge in [-0.3, -0.25) is 4.79 Å². The summed E-state index contributed by atoms with van der Waals surface area (Å²) in [5, 5.41) is 0.314. The summed E-state index contributed by atoms with van der Waals surface area (Å²) in [5.41, 5.74) is 0. The third kappa shape index (κ3) is 6.92. The van der Waals surface area contributed by atoms with Crippen LogP contribution >= 0.6 is 11.8 Å². The van der Waals surface area contributed by atoms with Crippen molar-refractivity contribution in [3.05, 3.63) is 0 Å². The zero-order valence-corrected chi connectivity index (χ0v) is 13.8. The van der Waals surface area contributed by atoms with Gasteiger partial charge in [-0.15, -0.1) is 0 Å². The molecule has 0 fully saturated rings. The molecule has 0 aliphatic rings. The van der Waals surface area contributed by atoms with Crippen molar-refractivity contribution in [2.75, 3.05) is 5.75 Å². The van der Waals surface area contributed by atoms with E-state index in [-0.39, 0.29) is 16.3 Å². The molecule has 0 saturated heterocycles. The Bertz CT molecular complexity index is 321. The van der Waals surface area contributed by atoms with E-state index in [4.69, 9.17) is 4.43 Å². The van der Waals surface area contributed by atoms with Crippen LogP contribution in [0.3, 0.4) is 0 Å². The molecule has 0 aromatic carbocycles. The monoisotopic (exact) mass is 272 g/mol. The van der Waals surface area contributed by atoms with Crippen molar-refractivity contribution in [3.63, 3.8) is 0 Å². The second kappa shape index (κ2) is 6.63. The molecule has 1 atom stereocenters. The standard InChI is InChI=1S/C13H24O2SSi/c1-11(9-8-10-16-12(2)14)15-17(6,7)13(3,4)5/h11H,10H2,1-7H3. The lowest BCUT2D eigenvalue weighted by Gasteiger charge is -2.37. The van der Waals surface area contributed by atoms with E-state index in [1.54, 1.807) is 6.92 Å². The molecule has 0 bridgehead atoms. The Hall–Kier alpha value is -0.243.